The van der Waals surface area contributed by atoms with Gasteiger partial charge in [0, 0.05) is 13.1 Å². The largest absolute Gasteiger partial charge is 0.338 e. The minimum atomic E-state index is -0.455. The van der Waals surface area contributed by atoms with Crippen LogP contribution in [0.5, 0.6) is 0 Å². The Morgan fingerprint density at radius 1 is 1.47 bits per heavy atom. The summed E-state index contributed by atoms with van der Waals surface area (Å²) in [5.41, 5.74) is 5.71. The molecule has 1 aliphatic heterocycles. The topological polar surface area (TPSA) is 46.3 Å². The van der Waals surface area contributed by atoms with Crippen LogP contribution in [0, 0.1) is 11.7 Å². The van der Waals surface area contributed by atoms with Crippen LogP contribution in [-0.4, -0.2) is 30.4 Å². The van der Waals surface area contributed by atoms with Gasteiger partial charge >= 0.3 is 0 Å². The first kappa shape index (κ1) is 13.9. The van der Waals surface area contributed by atoms with Crippen LogP contribution in [0.3, 0.4) is 0 Å². The van der Waals surface area contributed by atoms with Gasteiger partial charge < -0.3 is 10.6 Å². The van der Waals surface area contributed by atoms with Crippen molar-refractivity contribution in [1.82, 2.24) is 4.90 Å². The summed E-state index contributed by atoms with van der Waals surface area (Å²) in [4.78, 5) is 13.7. The van der Waals surface area contributed by atoms with Gasteiger partial charge in [0.2, 0.25) is 0 Å². The Labute approximate surface area is 106 Å². The number of carbonyl (C=O) groups excluding carboxylic acids is 1. The molecule has 1 saturated heterocycles. The van der Waals surface area contributed by atoms with Crippen LogP contribution < -0.4 is 5.73 Å². The monoisotopic (exact) mass is 258 g/mol. The zero-order valence-electron chi connectivity index (χ0n) is 9.43. The summed E-state index contributed by atoms with van der Waals surface area (Å²) in [5, 5.41) is 0. The van der Waals surface area contributed by atoms with E-state index in [2.05, 4.69) is 0 Å². The van der Waals surface area contributed by atoms with Gasteiger partial charge in [0.15, 0.2) is 0 Å². The lowest BCUT2D eigenvalue weighted by Crippen LogP contribution is -2.30. The standard InChI is InChI=1S/C12H15FN2O.ClH/c13-11-4-2-1-3-10(11)12(16)15-6-5-9(7-14)8-15;/h1-4,9H,5-8,14H2;1H. The third-order valence-corrected chi connectivity index (χ3v) is 3.01. The van der Waals surface area contributed by atoms with Gasteiger partial charge in [-0.3, -0.25) is 4.79 Å². The minimum Gasteiger partial charge on any atom is -0.338 e. The number of hydrogen-bond acceptors (Lipinski definition) is 2. The van der Waals surface area contributed by atoms with Gasteiger partial charge in [-0.15, -0.1) is 12.4 Å². The average molecular weight is 259 g/mol. The van der Waals surface area contributed by atoms with Crippen molar-refractivity contribution in [3.8, 4) is 0 Å². The van der Waals surface area contributed by atoms with E-state index in [1.165, 1.54) is 12.1 Å². The van der Waals surface area contributed by atoms with Crippen molar-refractivity contribution < 1.29 is 9.18 Å². The molecule has 0 aliphatic carbocycles. The first-order valence-corrected chi connectivity index (χ1v) is 5.46. The molecule has 1 atom stereocenters. The Morgan fingerprint density at radius 3 is 2.76 bits per heavy atom. The van der Waals surface area contributed by atoms with E-state index in [0.717, 1.165) is 6.42 Å². The van der Waals surface area contributed by atoms with Crippen LogP contribution in [0.15, 0.2) is 24.3 Å². The van der Waals surface area contributed by atoms with E-state index in [1.807, 2.05) is 0 Å². The second kappa shape index (κ2) is 5.98. The van der Waals surface area contributed by atoms with Crippen molar-refractivity contribution in [2.45, 2.75) is 6.42 Å². The molecule has 1 aromatic rings. The number of carbonyl (C=O) groups is 1. The number of nitrogens with zero attached hydrogens (tertiary/aromatic N) is 1. The molecule has 3 nitrogen and oxygen atoms in total. The predicted molar refractivity (Wildman–Crippen MR) is 66.7 cm³/mol. The van der Waals surface area contributed by atoms with E-state index in [9.17, 15) is 9.18 Å². The Morgan fingerprint density at radius 2 is 2.18 bits per heavy atom. The fourth-order valence-corrected chi connectivity index (χ4v) is 2.01. The molecule has 1 aliphatic rings. The van der Waals surface area contributed by atoms with Gasteiger partial charge in [0.05, 0.1) is 5.56 Å². The molecular formula is C12H16ClFN2O. The molecule has 0 aromatic heterocycles. The summed E-state index contributed by atoms with van der Waals surface area (Å²) in [6.07, 6.45) is 0.913. The van der Waals surface area contributed by atoms with Crippen LogP contribution in [0.1, 0.15) is 16.8 Å². The van der Waals surface area contributed by atoms with Gasteiger partial charge in [-0.2, -0.15) is 0 Å². The number of benzene rings is 1. The number of halogens is 2. The van der Waals surface area contributed by atoms with Crippen LogP contribution in [-0.2, 0) is 0 Å². The van der Waals surface area contributed by atoms with Crippen molar-refractivity contribution in [1.29, 1.82) is 0 Å². The van der Waals surface area contributed by atoms with Crippen molar-refractivity contribution in [2.75, 3.05) is 19.6 Å². The van der Waals surface area contributed by atoms with Crippen molar-refractivity contribution in [2.24, 2.45) is 11.7 Å². The molecule has 2 N–H and O–H groups in total. The summed E-state index contributed by atoms with van der Waals surface area (Å²) in [6, 6.07) is 6.09. The molecule has 0 spiro atoms. The molecule has 1 heterocycles. The lowest BCUT2D eigenvalue weighted by atomic mass is 10.1. The number of rotatable bonds is 2. The highest BCUT2D eigenvalue weighted by molar-refractivity contribution is 5.94. The molecule has 1 fully saturated rings. The zero-order valence-corrected chi connectivity index (χ0v) is 10.3. The normalized spacial score (nSPS) is 18.9. The summed E-state index contributed by atoms with van der Waals surface area (Å²) in [7, 11) is 0. The minimum absolute atomic E-state index is 0. The Balaban J connectivity index is 0.00000144. The molecular weight excluding hydrogens is 243 g/mol. The second-order valence-corrected chi connectivity index (χ2v) is 4.12. The zero-order chi connectivity index (χ0) is 11.5. The smallest absolute Gasteiger partial charge is 0.256 e. The van der Waals surface area contributed by atoms with E-state index in [1.54, 1.807) is 17.0 Å². The lowest BCUT2D eigenvalue weighted by Gasteiger charge is -2.16. The van der Waals surface area contributed by atoms with E-state index in [4.69, 9.17) is 5.73 Å². The van der Waals surface area contributed by atoms with E-state index in [0.29, 0.717) is 25.6 Å². The molecule has 94 valence electrons. The molecule has 1 unspecified atom stereocenters. The Bertz CT molecular complexity index is 400. The van der Waals surface area contributed by atoms with Gasteiger partial charge in [-0.25, -0.2) is 4.39 Å². The second-order valence-electron chi connectivity index (χ2n) is 4.12. The third kappa shape index (κ3) is 2.96. The first-order valence-electron chi connectivity index (χ1n) is 5.46. The van der Waals surface area contributed by atoms with Crippen LogP contribution >= 0.6 is 12.4 Å². The quantitative estimate of drug-likeness (QED) is 0.877. The molecule has 0 radical (unpaired) electrons. The van der Waals surface area contributed by atoms with E-state index in [-0.39, 0.29) is 23.9 Å². The third-order valence-electron chi connectivity index (χ3n) is 3.01. The van der Waals surface area contributed by atoms with Crippen LogP contribution in [0.4, 0.5) is 4.39 Å². The fraction of sp³-hybridized carbons (Fsp3) is 0.417. The molecule has 1 amide bonds. The maximum Gasteiger partial charge on any atom is 0.256 e. The highest BCUT2D eigenvalue weighted by atomic mass is 35.5. The maximum atomic E-state index is 13.4. The summed E-state index contributed by atoms with van der Waals surface area (Å²) < 4.78 is 13.4. The molecule has 0 bridgehead atoms. The van der Waals surface area contributed by atoms with Gasteiger partial charge in [-0.1, -0.05) is 12.1 Å². The molecule has 17 heavy (non-hydrogen) atoms. The van der Waals surface area contributed by atoms with Crippen molar-refractivity contribution in [3.63, 3.8) is 0 Å². The van der Waals surface area contributed by atoms with E-state index < -0.39 is 5.82 Å². The highest BCUT2D eigenvalue weighted by Crippen LogP contribution is 2.18. The fourth-order valence-electron chi connectivity index (χ4n) is 2.01. The molecule has 5 heteroatoms. The Kier molecular flexibility index (Phi) is 4.90. The number of likely N-dealkylation sites (tertiary alicyclic amines) is 1. The number of nitrogens with two attached hydrogens (primary N) is 1. The van der Waals surface area contributed by atoms with E-state index >= 15 is 0 Å². The first-order chi connectivity index (χ1) is 7.72. The van der Waals surface area contributed by atoms with Crippen molar-refractivity contribution in [3.05, 3.63) is 35.6 Å². The summed E-state index contributed by atoms with van der Waals surface area (Å²) >= 11 is 0. The molecule has 0 saturated carbocycles. The molecule has 2 rings (SSSR count). The SMILES string of the molecule is Cl.NCC1CCN(C(=O)c2ccccc2F)C1. The average Bonchev–Trinajstić information content (AvgIpc) is 2.77. The van der Waals surface area contributed by atoms with Crippen LogP contribution in [0.25, 0.3) is 0 Å². The van der Waals surface area contributed by atoms with Gasteiger partial charge in [0.1, 0.15) is 5.82 Å². The van der Waals surface area contributed by atoms with Gasteiger partial charge in [0.25, 0.3) is 5.91 Å². The highest BCUT2D eigenvalue weighted by Gasteiger charge is 2.27. The number of hydrogen-bond donors (Lipinski definition) is 1. The predicted octanol–water partition coefficient (Wildman–Crippen LogP) is 1.67. The van der Waals surface area contributed by atoms with Crippen LogP contribution in [0.2, 0.25) is 0 Å². The summed E-state index contributed by atoms with van der Waals surface area (Å²) in [6.45, 7) is 1.90. The van der Waals surface area contributed by atoms with Gasteiger partial charge in [-0.05, 0) is 31.0 Å². The maximum absolute atomic E-state index is 13.4. The Hall–Kier alpha value is -1.13. The molecule has 1 aromatic carbocycles. The lowest BCUT2D eigenvalue weighted by molar-refractivity contribution is 0.0783. The summed E-state index contributed by atoms with van der Waals surface area (Å²) in [5.74, 6) is -0.325. The number of amides is 1. The van der Waals surface area contributed by atoms with Crippen molar-refractivity contribution >= 4 is 18.3 Å².